The number of ether oxygens (including phenoxy) is 1. The van der Waals surface area contributed by atoms with Gasteiger partial charge in [-0.05, 0) is 5.56 Å². The lowest BCUT2D eigenvalue weighted by atomic mass is 10.1. The van der Waals surface area contributed by atoms with Crippen molar-refractivity contribution in [3.8, 4) is 0 Å². The van der Waals surface area contributed by atoms with Gasteiger partial charge < -0.3 is 10.1 Å². The van der Waals surface area contributed by atoms with Gasteiger partial charge in [0.1, 0.15) is 12.6 Å². The standard InChI is InChI=1S/C15H16BrN3O3/c1-19-9-12(8-17-19)14(13(20)7-16)18-15(21)22-10-11-5-3-2-4-6-11/h2-6,8-9,14H,7,10H2,1H3,(H,18,21). The molecule has 0 radical (unpaired) electrons. The number of aromatic nitrogens is 2. The Morgan fingerprint density at radius 1 is 1.36 bits per heavy atom. The molecule has 6 nitrogen and oxygen atoms in total. The monoisotopic (exact) mass is 365 g/mol. The van der Waals surface area contributed by atoms with Gasteiger partial charge in [0.15, 0.2) is 5.78 Å². The molecule has 2 aromatic rings. The number of amides is 1. The van der Waals surface area contributed by atoms with Gasteiger partial charge in [-0.2, -0.15) is 5.10 Å². The van der Waals surface area contributed by atoms with Crippen molar-refractivity contribution < 1.29 is 14.3 Å². The molecule has 1 amide bonds. The van der Waals surface area contributed by atoms with Crippen molar-refractivity contribution in [1.29, 1.82) is 0 Å². The third-order valence-corrected chi connectivity index (χ3v) is 3.54. The van der Waals surface area contributed by atoms with Crippen LogP contribution in [0, 0.1) is 0 Å². The van der Waals surface area contributed by atoms with E-state index in [0.29, 0.717) is 5.56 Å². The van der Waals surface area contributed by atoms with Crippen LogP contribution in [0.15, 0.2) is 42.7 Å². The molecule has 0 saturated heterocycles. The molecule has 1 aromatic heterocycles. The van der Waals surface area contributed by atoms with Crippen molar-refractivity contribution in [2.24, 2.45) is 7.05 Å². The highest BCUT2D eigenvalue weighted by Crippen LogP contribution is 2.14. The van der Waals surface area contributed by atoms with Crippen molar-refractivity contribution in [3.05, 3.63) is 53.9 Å². The number of hydrogen-bond acceptors (Lipinski definition) is 4. The van der Waals surface area contributed by atoms with Crippen molar-refractivity contribution in [3.63, 3.8) is 0 Å². The number of nitrogens with zero attached hydrogens (tertiary/aromatic N) is 2. The molecule has 116 valence electrons. The van der Waals surface area contributed by atoms with E-state index in [0.717, 1.165) is 5.56 Å². The van der Waals surface area contributed by atoms with Crippen LogP contribution in [0.3, 0.4) is 0 Å². The van der Waals surface area contributed by atoms with E-state index in [1.165, 1.54) is 0 Å². The fourth-order valence-corrected chi connectivity index (χ4v) is 2.22. The number of halogens is 1. The lowest BCUT2D eigenvalue weighted by Crippen LogP contribution is -2.34. The van der Waals surface area contributed by atoms with E-state index in [4.69, 9.17) is 4.74 Å². The van der Waals surface area contributed by atoms with E-state index >= 15 is 0 Å². The highest BCUT2D eigenvalue weighted by Gasteiger charge is 2.23. The molecule has 1 heterocycles. The maximum absolute atomic E-state index is 12.0. The topological polar surface area (TPSA) is 73.2 Å². The van der Waals surface area contributed by atoms with E-state index in [-0.39, 0.29) is 17.7 Å². The third kappa shape index (κ3) is 4.42. The minimum Gasteiger partial charge on any atom is -0.445 e. The molecule has 0 spiro atoms. The fourth-order valence-electron chi connectivity index (χ4n) is 1.90. The summed E-state index contributed by atoms with van der Waals surface area (Å²) in [6, 6.07) is 8.55. The number of aryl methyl sites for hydroxylation is 1. The smallest absolute Gasteiger partial charge is 0.408 e. The Labute approximate surface area is 136 Å². The molecule has 0 aliphatic rings. The molecule has 1 atom stereocenters. The van der Waals surface area contributed by atoms with Gasteiger partial charge >= 0.3 is 6.09 Å². The largest absolute Gasteiger partial charge is 0.445 e. The summed E-state index contributed by atoms with van der Waals surface area (Å²) in [5.74, 6) is -0.176. The molecule has 0 bridgehead atoms. The van der Waals surface area contributed by atoms with Crippen molar-refractivity contribution in [2.75, 3.05) is 5.33 Å². The van der Waals surface area contributed by atoms with E-state index in [2.05, 4.69) is 26.3 Å². The van der Waals surface area contributed by atoms with E-state index < -0.39 is 12.1 Å². The Morgan fingerprint density at radius 2 is 2.09 bits per heavy atom. The molecule has 0 aliphatic heterocycles. The molecule has 22 heavy (non-hydrogen) atoms. The summed E-state index contributed by atoms with van der Waals surface area (Å²) in [6.07, 6.45) is 2.58. The van der Waals surface area contributed by atoms with Crippen LogP contribution in [-0.2, 0) is 23.2 Å². The number of carbonyl (C=O) groups is 2. The summed E-state index contributed by atoms with van der Waals surface area (Å²) in [4.78, 5) is 23.9. The second kappa shape index (κ2) is 7.74. The highest BCUT2D eigenvalue weighted by atomic mass is 79.9. The summed E-state index contributed by atoms with van der Waals surface area (Å²) in [5.41, 5.74) is 1.49. The Kier molecular flexibility index (Phi) is 5.71. The number of benzene rings is 1. The van der Waals surface area contributed by atoms with Crippen LogP contribution in [0.5, 0.6) is 0 Å². The van der Waals surface area contributed by atoms with Crippen LogP contribution in [0.25, 0.3) is 0 Å². The van der Waals surface area contributed by atoms with E-state index in [9.17, 15) is 9.59 Å². The lowest BCUT2D eigenvalue weighted by Gasteiger charge is -2.15. The molecule has 0 saturated carbocycles. The number of nitrogens with one attached hydrogen (secondary N) is 1. The Balaban J connectivity index is 1.98. The number of hydrogen-bond donors (Lipinski definition) is 1. The normalized spacial score (nSPS) is 11.7. The summed E-state index contributed by atoms with van der Waals surface area (Å²) < 4.78 is 6.71. The van der Waals surface area contributed by atoms with Crippen LogP contribution in [0.1, 0.15) is 17.2 Å². The number of carbonyl (C=O) groups excluding carboxylic acids is 2. The van der Waals surface area contributed by atoms with E-state index in [1.54, 1.807) is 24.1 Å². The Bertz CT molecular complexity index is 642. The van der Waals surface area contributed by atoms with Crippen molar-refractivity contribution in [1.82, 2.24) is 15.1 Å². The lowest BCUT2D eigenvalue weighted by molar-refractivity contribution is -0.118. The van der Waals surface area contributed by atoms with E-state index in [1.807, 2.05) is 30.3 Å². The number of Topliss-reactive ketones (excluding diaryl/α,β-unsaturated/α-hetero) is 1. The fraction of sp³-hybridized carbons (Fsp3) is 0.267. The summed E-state index contributed by atoms with van der Waals surface area (Å²) in [6.45, 7) is 0.148. The number of ketones is 1. The molecule has 2 rings (SSSR count). The molecule has 1 unspecified atom stereocenters. The van der Waals surface area contributed by atoms with Gasteiger partial charge in [-0.1, -0.05) is 46.3 Å². The SMILES string of the molecule is Cn1cc(C(NC(=O)OCc2ccccc2)C(=O)CBr)cn1. The van der Waals surface area contributed by atoms with Gasteiger partial charge in [0.25, 0.3) is 0 Å². The number of alkyl halides is 1. The first-order valence-electron chi connectivity index (χ1n) is 6.64. The van der Waals surface area contributed by atoms with Crippen LogP contribution < -0.4 is 5.32 Å². The minimum atomic E-state index is -0.781. The highest BCUT2D eigenvalue weighted by molar-refractivity contribution is 9.09. The van der Waals surface area contributed by atoms with Crippen LogP contribution in [-0.4, -0.2) is 27.0 Å². The van der Waals surface area contributed by atoms with Gasteiger partial charge in [0.05, 0.1) is 11.5 Å². The Hall–Kier alpha value is -2.15. The maximum atomic E-state index is 12.0. The molecule has 1 aromatic carbocycles. The van der Waals surface area contributed by atoms with Gasteiger partial charge in [0, 0.05) is 18.8 Å². The predicted molar refractivity (Wildman–Crippen MR) is 84.5 cm³/mol. The van der Waals surface area contributed by atoms with Gasteiger partial charge in [-0.15, -0.1) is 0 Å². The average Bonchev–Trinajstić information content (AvgIpc) is 2.97. The second-order valence-electron chi connectivity index (χ2n) is 4.69. The van der Waals surface area contributed by atoms with Crippen LogP contribution in [0.4, 0.5) is 4.79 Å². The Morgan fingerprint density at radius 3 is 2.68 bits per heavy atom. The van der Waals surface area contributed by atoms with Crippen LogP contribution >= 0.6 is 15.9 Å². The first-order chi connectivity index (χ1) is 10.6. The zero-order valence-electron chi connectivity index (χ0n) is 12.0. The summed E-state index contributed by atoms with van der Waals surface area (Å²) in [7, 11) is 1.74. The number of alkyl carbamates (subject to hydrolysis) is 1. The summed E-state index contributed by atoms with van der Waals surface area (Å²) >= 11 is 3.12. The van der Waals surface area contributed by atoms with Gasteiger partial charge in [-0.3, -0.25) is 9.48 Å². The molecule has 0 aliphatic carbocycles. The van der Waals surface area contributed by atoms with Crippen LogP contribution in [0.2, 0.25) is 0 Å². The van der Waals surface area contributed by atoms with Gasteiger partial charge in [-0.25, -0.2) is 4.79 Å². The maximum Gasteiger partial charge on any atom is 0.408 e. The van der Waals surface area contributed by atoms with Gasteiger partial charge in [0.2, 0.25) is 0 Å². The van der Waals surface area contributed by atoms with Crippen molar-refractivity contribution in [2.45, 2.75) is 12.6 Å². The third-order valence-electron chi connectivity index (χ3n) is 2.99. The quantitative estimate of drug-likeness (QED) is 0.797. The molecular weight excluding hydrogens is 350 g/mol. The summed E-state index contributed by atoms with van der Waals surface area (Å²) in [5, 5.41) is 6.72. The first kappa shape index (κ1) is 16.2. The van der Waals surface area contributed by atoms with Crippen molar-refractivity contribution >= 4 is 27.8 Å². The molecular formula is C15H16BrN3O3. The molecule has 1 N–H and O–H groups in total. The molecule has 0 fully saturated rings. The second-order valence-corrected chi connectivity index (χ2v) is 5.25. The number of rotatable bonds is 6. The average molecular weight is 366 g/mol. The zero-order chi connectivity index (χ0) is 15.9. The molecule has 7 heteroatoms. The first-order valence-corrected chi connectivity index (χ1v) is 7.76. The predicted octanol–water partition coefficient (Wildman–Crippen LogP) is 2.35. The minimum absolute atomic E-state index is 0.130. The zero-order valence-corrected chi connectivity index (χ0v) is 13.6.